The van der Waals surface area contributed by atoms with Gasteiger partial charge in [0.1, 0.15) is 5.82 Å². The van der Waals surface area contributed by atoms with Crippen molar-refractivity contribution in [2.75, 3.05) is 18.4 Å². The zero-order chi connectivity index (χ0) is 10.7. The van der Waals surface area contributed by atoms with Crippen molar-refractivity contribution in [1.29, 1.82) is 0 Å². The molecule has 0 aliphatic carbocycles. The van der Waals surface area contributed by atoms with Crippen LogP contribution in [0.15, 0.2) is 18.2 Å². The van der Waals surface area contributed by atoms with E-state index >= 15 is 0 Å². The lowest BCUT2D eigenvalue weighted by Crippen LogP contribution is -2.43. The Bertz CT molecular complexity index is 365. The number of pyridine rings is 1. The highest BCUT2D eigenvalue weighted by Gasteiger charge is 2.20. The van der Waals surface area contributed by atoms with Gasteiger partial charge in [-0.05, 0) is 31.1 Å². The summed E-state index contributed by atoms with van der Waals surface area (Å²) in [5, 5.41) is 5.65. The van der Waals surface area contributed by atoms with Gasteiger partial charge in [0.15, 0.2) is 0 Å². The highest BCUT2D eigenvalue weighted by atomic mass is 19.1. The Morgan fingerprint density at radius 3 is 3.00 bits per heavy atom. The predicted molar refractivity (Wildman–Crippen MR) is 53.8 cm³/mol. The molecule has 1 saturated heterocycles. The summed E-state index contributed by atoms with van der Waals surface area (Å²) in [6, 6.07) is 4.33. The Labute approximate surface area is 86.9 Å². The van der Waals surface area contributed by atoms with Gasteiger partial charge in [-0.2, -0.15) is 4.39 Å². The third-order valence-corrected chi connectivity index (χ3v) is 2.32. The Morgan fingerprint density at radius 1 is 1.60 bits per heavy atom. The van der Waals surface area contributed by atoms with Crippen LogP contribution in [-0.4, -0.2) is 24.0 Å². The summed E-state index contributed by atoms with van der Waals surface area (Å²) in [6.45, 7) is 1.76. The third kappa shape index (κ3) is 2.73. The molecule has 0 spiro atoms. The molecule has 4 nitrogen and oxygen atoms in total. The van der Waals surface area contributed by atoms with Gasteiger partial charge in [-0.3, -0.25) is 4.79 Å². The molecule has 80 valence electrons. The number of halogens is 1. The zero-order valence-electron chi connectivity index (χ0n) is 8.16. The Hall–Kier alpha value is -1.49. The summed E-state index contributed by atoms with van der Waals surface area (Å²) in [5.74, 6) is -0.0245. The number of rotatable bonds is 3. The minimum atomic E-state index is -0.585. The van der Waals surface area contributed by atoms with Crippen LogP contribution in [0.25, 0.3) is 0 Å². The van der Waals surface area contributed by atoms with E-state index in [0.717, 1.165) is 13.1 Å². The first kappa shape index (κ1) is 10.0. The van der Waals surface area contributed by atoms with Crippen molar-refractivity contribution < 1.29 is 9.18 Å². The van der Waals surface area contributed by atoms with Gasteiger partial charge in [-0.15, -0.1) is 0 Å². The van der Waals surface area contributed by atoms with Gasteiger partial charge < -0.3 is 10.6 Å². The topological polar surface area (TPSA) is 54.0 Å². The number of carbonyl (C=O) groups is 1. The molecule has 1 aliphatic heterocycles. The molecule has 0 unspecified atom stereocenters. The van der Waals surface area contributed by atoms with Crippen molar-refractivity contribution in [1.82, 2.24) is 10.3 Å². The highest BCUT2D eigenvalue weighted by molar-refractivity contribution is 5.89. The first-order chi connectivity index (χ1) is 7.24. The maximum atomic E-state index is 12.7. The number of nitrogens with zero attached hydrogens (tertiary/aromatic N) is 1. The second kappa shape index (κ2) is 4.35. The van der Waals surface area contributed by atoms with Crippen LogP contribution < -0.4 is 10.6 Å². The number of aromatic nitrogens is 1. The molecule has 1 amide bonds. The normalized spacial score (nSPS) is 15.8. The van der Waals surface area contributed by atoms with Crippen LogP contribution in [0.2, 0.25) is 0 Å². The molecule has 2 N–H and O–H groups in total. The Kier molecular flexibility index (Phi) is 2.91. The molecule has 5 heteroatoms. The van der Waals surface area contributed by atoms with E-state index in [9.17, 15) is 9.18 Å². The van der Waals surface area contributed by atoms with Crippen molar-refractivity contribution in [2.45, 2.75) is 6.42 Å². The summed E-state index contributed by atoms with van der Waals surface area (Å²) < 4.78 is 12.7. The number of hydrogen-bond donors (Lipinski definition) is 2. The molecular weight excluding hydrogens is 197 g/mol. The second-order valence-electron chi connectivity index (χ2n) is 3.62. The van der Waals surface area contributed by atoms with E-state index in [1.54, 1.807) is 6.07 Å². The largest absolute Gasteiger partial charge is 0.316 e. The van der Waals surface area contributed by atoms with Gasteiger partial charge in [0.2, 0.25) is 11.9 Å². The molecule has 0 atom stereocenters. The molecule has 2 rings (SSSR count). The number of hydrogen-bond acceptors (Lipinski definition) is 3. The molecule has 2 heterocycles. The molecule has 0 radical (unpaired) electrons. The monoisotopic (exact) mass is 209 g/mol. The highest BCUT2D eigenvalue weighted by Crippen LogP contribution is 2.10. The number of amides is 1. The van der Waals surface area contributed by atoms with E-state index in [1.807, 2.05) is 0 Å². The summed E-state index contributed by atoms with van der Waals surface area (Å²) in [5.41, 5.74) is 0. The molecule has 1 fully saturated rings. The van der Waals surface area contributed by atoms with Gasteiger partial charge in [-0.25, -0.2) is 4.98 Å². The van der Waals surface area contributed by atoms with E-state index < -0.39 is 5.95 Å². The quantitative estimate of drug-likeness (QED) is 0.723. The van der Waals surface area contributed by atoms with Gasteiger partial charge >= 0.3 is 0 Å². The maximum Gasteiger partial charge on any atom is 0.225 e. The Balaban J connectivity index is 1.87. The number of nitrogens with one attached hydrogen (secondary N) is 2. The molecule has 0 saturated carbocycles. The van der Waals surface area contributed by atoms with Crippen molar-refractivity contribution in [3.63, 3.8) is 0 Å². The summed E-state index contributed by atoms with van der Waals surface area (Å²) in [6.07, 6.45) is 0.463. The van der Waals surface area contributed by atoms with Crippen molar-refractivity contribution >= 4 is 11.7 Å². The van der Waals surface area contributed by atoms with E-state index in [0.29, 0.717) is 12.3 Å². The zero-order valence-corrected chi connectivity index (χ0v) is 8.16. The molecular formula is C10H12FN3O. The number of carbonyl (C=O) groups excluding carboxylic acids is 1. The van der Waals surface area contributed by atoms with Crippen LogP contribution in [0.5, 0.6) is 0 Å². The lowest BCUT2D eigenvalue weighted by Gasteiger charge is -2.26. The third-order valence-electron chi connectivity index (χ3n) is 2.32. The summed E-state index contributed by atoms with van der Waals surface area (Å²) in [4.78, 5) is 15.0. The van der Waals surface area contributed by atoms with Gasteiger partial charge in [0.05, 0.1) is 0 Å². The summed E-state index contributed by atoms with van der Waals surface area (Å²) in [7, 11) is 0. The van der Waals surface area contributed by atoms with Crippen LogP contribution in [-0.2, 0) is 4.79 Å². The van der Waals surface area contributed by atoms with Crippen LogP contribution in [0.3, 0.4) is 0 Å². The summed E-state index contributed by atoms with van der Waals surface area (Å²) >= 11 is 0. The smallest absolute Gasteiger partial charge is 0.225 e. The fourth-order valence-corrected chi connectivity index (χ4v) is 1.43. The molecule has 15 heavy (non-hydrogen) atoms. The number of anilines is 1. The van der Waals surface area contributed by atoms with Crippen molar-refractivity contribution in [3.05, 3.63) is 24.1 Å². The van der Waals surface area contributed by atoms with Crippen LogP contribution in [0, 0.1) is 11.9 Å². The van der Waals surface area contributed by atoms with Crippen LogP contribution in [0.4, 0.5) is 10.2 Å². The average molecular weight is 209 g/mol. The SMILES string of the molecule is O=C(CC1CNC1)Nc1cccc(F)n1. The standard InChI is InChI=1S/C10H12FN3O/c11-8-2-1-3-9(13-8)14-10(15)4-7-5-12-6-7/h1-3,7,12H,4-6H2,(H,13,14,15). The lowest BCUT2D eigenvalue weighted by atomic mass is 9.99. The van der Waals surface area contributed by atoms with Crippen LogP contribution in [0.1, 0.15) is 6.42 Å². The molecule has 1 aliphatic rings. The second-order valence-corrected chi connectivity index (χ2v) is 3.62. The minimum absolute atomic E-state index is 0.111. The molecule has 0 bridgehead atoms. The maximum absolute atomic E-state index is 12.7. The van der Waals surface area contributed by atoms with Crippen molar-refractivity contribution in [2.24, 2.45) is 5.92 Å². The predicted octanol–water partition coefficient (Wildman–Crippen LogP) is 0.769. The average Bonchev–Trinajstić information content (AvgIpc) is 2.11. The van der Waals surface area contributed by atoms with Crippen LogP contribution >= 0.6 is 0 Å². The first-order valence-electron chi connectivity index (χ1n) is 4.87. The van der Waals surface area contributed by atoms with Gasteiger partial charge in [-0.1, -0.05) is 6.07 Å². The van der Waals surface area contributed by atoms with E-state index in [4.69, 9.17) is 0 Å². The first-order valence-corrected chi connectivity index (χ1v) is 4.87. The molecule has 1 aromatic heterocycles. The molecule has 1 aromatic rings. The fourth-order valence-electron chi connectivity index (χ4n) is 1.43. The Morgan fingerprint density at radius 2 is 2.40 bits per heavy atom. The van der Waals surface area contributed by atoms with Gasteiger partial charge in [0, 0.05) is 6.42 Å². The van der Waals surface area contributed by atoms with Crippen molar-refractivity contribution in [3.8, 4) is 0 Å². The fraction of sp³-hybridized carbons (Fsp3) is 0.400. The minimum Gasteiger partial charge on any atom is -0.316 e. The molecule has 0 aromatic carbocycles. The van der Waals surface area contributed by atoms with Gasteiger partial charge in [0.25, 0.3) is 0 Å². The van der Waals surface area contributed by atoms with E-state index in [1.165, 1.54) is 12.1 Å². The van der Waals surface area contributed by atoms with E-state index in [-0.39, 0.29) is 11.7 Å². The lowest BCUT2D eigenvalue weighted by molar-refractivity contribution is -0.117. The van der Waals surface area contributed by atoms with E-state index in [2.05, 4.69) is 15.6 Å².